The van der Waals surface area contributed by atoms with Crippen LogP contribution in [-0.2, 0) is 11.2 Å². The molecule has 2 rings (SSSR count). The maximum Gasteiger partial charge on any atom is 0.158 e. The van der Waals surface area contributed by atoms with Gasteiger partial charge in [0.1, 0.15) is 0 Å². The lowest BCUT2D eigenvalue weighted by Gasteiger charge is -1.96. The van der Waals surface area contributed by atoms with Crippen LogP contribution in [0.3, 0.4) is 0 Å². The molecule has 0 saturated heterocycles. The molecule has 0 N–H and O–H groups in total. The Morgan fingerprint density at radius 2 is 2.12 bits per heavy atom. The molecule has 0 spiro atoms. The molecule has 1 aliphatic carbocycles. The summed E-state index contributed by atoms with van der Waals surface area (Å²) in [5.41, 5.74) is 2.61. The van der Waals surface area contributed by atoms with Crippen molar-refractivity contribution >= 4 is 23.2 Å². The number of thiophene rings is 1. The van der Waals surface area contributed by atoms with Gasteiger partial charge in [-0.1, -0.05) is 13.0 Å². The minimum Gasteiger partial charge on any atom is -0.295 e. The Morgan fingerprint density at radius 1 is 1.44 bits per heavy atom. The number of allylic oxidation sites excluding steroid dienone is 1. The second-order valence-corrected chi connectivity index (χ2v) is 5.79. The number of carbonyl (C=O) groups is 1. The highest BCUT2D eigenvalue weighted by Gasteiger charge is 2.27. The minimum atomic E-state index is 0.310. The van der Waals surface area contributed by atoms with E-state index < -0.39 is 0 Å². The second-order valence-electron chi connectivity index (χ2n) is 4.48. The van der Waals surface area contributed by atoms with Crippen LogP contribution in [0.1, 0.15) is 40.6 Å². The molecule has 1 aliphatic rings. The zero-order valence-electron chi connectivity index (χ0n) is 10.2. The van der Waals surface area contributed by atoms with E-state index in [-0.39, 0.29) is 0 Å². The van der Waals surface area contributed by atoms with Crippen molar-refractivity contribution in [3.8, 4) is 0 Å². The van der Waals surface area contributed by atoms with Crippen LogP contribution in [0.5, 0.6) is 0 Å². The zero-order chi connectivity index (χ0) is 11.7. The van der Waals surface area contributed by atoms with Crippen molar-refractivity contribution in [2.75, 3.05) is 0 Å². The summed E-state index contributed by atoms with van der Waals surface area (Å²) in [6, 6.07) is 0. The Morgan fingerprint density at radius 3 is 2.69 bits per heavy atom. The molecule has 0 aromatic carbocycles. The largest absolute Gasteiger partial charge is 0.295 e. The third kappa shape index (κ3) is 2.27. The Balaban J connectivity index is 2.21. The fourth-order valence-electron chi connectivity index (χ4n) is 1.87. The fraction of sp³-hybridized carbons (Fsp3) is 0.500. The fourth-order valence-corrected chi connectivity index (χ4v) is 2.97. The van der Waals surface area contributed by atoms with E-state index in [0.29, 0.717) is 11.7 Å². The molecular weight excluding hydrogens is 216 g/mol. The molecule has 1 saturated carbocycles. The molecule has 2 heteroatoms. The summed E-state index contributed by atoms with van der Waals surface area (Å²) in [5.74, 6) is 0.645. The van der Waals surface area contributed by atoms with Crippen molar-refractivity contribution in [3.63, 3.8) is 0 Å². The quantitative estimate of drug-likeness (QED) is 0.722. The second kappa shape index (κ2) is 4.54. The number of carbonyl (C=O) groups excluding carboxylic acids is 1. The summed E-state index contributed by atoms with van der Waals surface area (Å²) in [7, 11) is 0. The van der Waals surface area contributed by atoms with Crippen LogP contribution in [0.4, 0.5) is 0 Å². The van der Waals surface area contributed by atoms with Gasteiger partial charge < -0.3 is 0 Å². The van der Waals surface area contributed by atoms with Crippen molar-refractivity contribution in [1.82, 2.24) is 0 Å². The molecule has 0 aliphatic heterocycles. The van der Waals surface area contributed by atoms with Gasteiger partial charge in [-0.2, -0.15) is 0 Å². The van der Waals surface area contributed by atoms with Gasteiger partial charge in [0, 0.05) is 15.7 Å². The monoisotopic (exact) mass is 234 g/mol. The van der Waals surface area contributed by atoms with Crippen molar-refractivity contribution in [1.29, 1.82) is 0 Å². The van der Waals surface area contributed by atoms with Gasteiger partial charge in [0.05, 0.1) is 0 Å². The van der Waals surface area contributed by atoms with Crippen LogP contribution < -0.4 is 0 Å². The summed E-state index contributed by atoms with van der Waals surface area (Å²) in [4.78, 5) is 14.4. The maximum absolute atomic E-state index is 11.6. The highest BCUT2D eigenvalue weighted by atomic mass is 32.1. The summed E-state index contributed by atoms with van der Waals surface area (Å²) >= 11 is 1.85. The van der Waals surface area contributed by atoms with Gasteiger partial charge in [-0.05, 0) is 50.3 Å². The average Bonchev–Trinajstić information content (AvgIpc) is 3.06. The van der Waals surface area contributed by atoms with Crippen LogP contribution >= 0.6 is 11.3 Å². The molecule has 1 nitrogen and oxygen atoms in total. The van der Waals surface area contributed by atoms with E-state index in [9.17, 15) is 4.79 Å². The normalized spacial score (nSPS) is 15.9. The van der Waals surface area contributed by atoms with Crippen molar-refractivity contribution in [3.05, 3.63) is 27.0 Å². The van der Waals surface area contributed by atoms with Crippen molar-refractivity contribution in [2.45, 2.75) is 40.0 Å². The van der Waals surface area contributed by atoms with Gasteiger partial charge in [-0.15, -0.1) is 11.3 Å². The first-order chi connectivity index (χ1) is 7.63. The molecule has 1 heterocycles. The molecule has 16 heavy (non-hydrogen) atoms. The zero-order valence-corrected chi connectivity index (χ0v) is 11.0. The standard InChI is InChI=1S/C14H18OS/c1-4-14-12(9(2)10(3)16-14)7-8-13(15)11-5-6-11/h7-8,11H,4-6H2,1-3H3/b8-7+. The van der Waals surface area contributed by atoms with Crippen LogP contribution in [0.15, 0.2) is 6.08 Å². The number of rotatable bonds is 4. The van der Waals surface area contributed by atoms with Gasteiger partial charge in [-0.3, -0.25) is 4.79 Å². The van der Waals surface area contributed by atoms with Gasteiger partial charge >= 0.3 is 0 Å². The minimum absolute atomic E-state index is 0.310. The number of aryl methyl sites for hydroxylation is 2. The molecular formula is C14H18OS. The highest BCUT2D eigenvalue weighted by Crippen LogP contribution is 2.32. The topological polar surface area (TPSA) is 17.1 Å². The number of ketones is 1. The van der Waals surface area contributed by atoms with E-state index in [1.807, 2.05) is 17.4 Å². The van der Waals surface area contributed by atoms with Crippen LogP contribution in [0.25, 0.3) is 6.08 Å². The molecule has 86 valence electrons. The Hall–Kier alpha value is -0.890. The van der Waals surface area contributed by atoms with Crippen LogP contribution in [0.2, 0.25) is 0 Å². The van der Waals surface area contributed by atoms with E-state index in [1.165, 1.54) is 20.9 Å². The van der Waals surface area contributed by atoms with E-state index in [4.69, 9.17) is 0 Å². The van der Waals surface area contributed by atoms with Crippen LogP contribution in [0, 0.1) is 19.8 Å². The molecule has 0 bridgehead atoms. The van der Waals surface area contributed by atoms with E-state index in [0.717, 1.165) is 19.3 Å². The lowest BCUT2D eigenvalue weighted by Crippen LogP contribution is -1.93. The summed E-state index contributed by atoms with van der Waals surface area (Å²) in [6.45, 7) is 6.47. The predicted molar refractivity (Wildman–Crippen MR) is 69.9 cm³/mol. The third-order valence-electron chi connectivity index (χ3n) is 3.22. The molecule has 1 aromatic heterocycles. The lowest BCUT2D eigenvalue weighted by atomic mass is 10.1. The number of hydrogen-bond donors (Lipinski definition) is 0. The SMILES string of the molecule is CCc1sc(C)c(C)c1/C=C/C(=O)C1CC1. The summed E-state index contributed by atoms with van der Waals surface area (Å²) < 4.78 is 0. The molecule has 0 amide bonds. The first kappa shape index (κ1) is 11.6. The van der Waals surface area contributed by atoms with Gasteiger partial charge in [-0.25, -0.2) is 0 Å². The summed E-state index contributed by atoms with van der Waals surface area (Å²) in [6.07, 6.45) is 7.04. The lowest BCUT2D eigenvalue weighted by molar-refractivity contribution is -0.115. The molecule has 1 fully saturated rings. The van der Waals surface area contributed by atoms with Gasteiger partial charge in [0.25, 0.3) is 0 Å². The Kier molecular flexibility index (Phi) is 3.29. The molecule has 0 atom stereocenters. The molecule has 1 aromatic rings. The van der Waals surface area contributed by atoms with Crippen LogP contribution in [-0.4, -0.2) is 5.78 Å². The maximum atomic E-state index is 11.6. The third-order valence-corrected chi connectivity index (χ3v) is 4.59. The smallest absolute Gasteiger partial charge is 0.158 e. The highest BCUT2D eigenvalue weighted by molar-refractivity contribution is 7.12. The molecule has 0 unspecified atom stereocenters. The van der Waals surface area contributed by atoms with Crippen molar-refractivity contribution < 1.29 is 4.79 Å². The van der Waals surface area contributed by atoms with Crippen molar-refractivity contribution in [2.24, 2.45) is 5.92 Å². The predicted octanol–water partition coefficient (Wildman–Crippen LogP) is 3.92. The first-order valence-electron chi connectivity index (χ1n) is 5.94. The molecule has 0 radical (unpaired) electrons. The average molecular weight is 234 g/mol. The Bertz CT molecular complexity index is 436. The first-order valence-corrected chi connectivity index (χ1v) is 6.76. The Labute approximate surface area is 101 Å². The van der Waals surface area contributed by atoms with E-state index in [2.05, 4.69) is 20.8 Å². The number of hydrogen-bond acceptors (Lipinski definition) is 2. The van der Waals surface area contributed by atoms with Gasteiger partial charge in [0.2, 0.25) is 0 Å². The van der Waals surface area contributed by atoms with E-state index >= 15 is 0 Å². The van der Waals surface area contributed by atoms with Gasteiger partial charge in [0.15, 0.2) is 5.78 Å². The summed E-state index contributed by atoms with van der Waals surface area (Å²) in [5, 5.41) is 0. The van der Waals surface area contributed by atoms with E-state index in [1.54, 1.807) is 6.08 Å².